The molecule has 2 rings (SSSR count). The predicted molar refractivity (Wildman–Crippen MR) is 83.7 cm³/mol. The fourth-order valence-electron chi connectivity index (χ4n) is 1.71. The van der Waals surface area contributed by atoms with Crippen LogP contribution in [0.3, 0.4) is 0 Å². The molecule has 3 amide bonds. The molecule has 0 aliphatic rings. The average molecular weight is 328 g/mol. The van der Waals surface area contributed by atoms with E-state index < -0.39 is 24.0 Å². The number of benzene rings is 1. The van der Waals surface area contributed by atoms with Crippen molar-refractivity contribution in [2.24, 2.45) is 0 Å². The molecule has 1 atom stereocenters. The van der Waals surface area contributed by atoms with Crippen molar-refractivity contribution >= 4 is 17.9 Å². The molecule has 24 heavy (non-hydrogen) atoms. The van der Waals surface area contributed by atoms with Crippen LogP contribution in [0.25, 0.3) is 0 Å². The highest BCUT2D eigenvalue weighted by molar-refractivity contribution is 5.98. The van der Waals surface area contributed by atoms with E-state index in [9.17, 15) is 14.4 Å². The summed E-state index contributed by atoms with van der Waals surface area (Å²) in [6.07, 6.45) is 2.81. The highest BCUT2D eigenvalue weighted by atomic mass is 16.5. The number of aromatic nitrogens is 2. The molecule has 124 valence electrons. The Bertz CT molecular complexity index is 707. The molecule has 1 aromatic carbocycles. The van der Waals surface area contributed by atoms with Crippen molar-refractivity contribution in [1.29, 1.82) is 0 Å². The first-order valence-electron chi connectivity index (χ1n) is 7.16. The molecule has 0 aliphatic carbocycles. The standard InChI is InChI=1S/C16H16N4O4/c1-11(24-15(22)13-10-17-7-8-18-13)14(21)20-16(23)19-9-12-5-3-2-4-6-12/h2-8,10-11H,9H2,1H3,(H2,19,20,21,23). The summed E-state index contributed by atoms with van der Waals surface area (Å²) in [7, 11) is 0. The molecule has 2 aromatic rings. The van der Waals surface area contributed by atoms with Crippen LogP contribution in [0, 0.1) is 0 Å². The Morgan fingerprint density at radius 3 is 2.58 bits per heavy atom. The summed E-state index contributed by atoms with van der Waals surface area (Å²) >= 11 is 0. The van der Waals surface area contributed by atoms with E-state index in [2.05, 4.69) is 20.6 Å². The quantitative estimate of drug-likeness (QED) is 0.794. The number of hydrogen-bond donors (Lipinski definition) is 2. The van der Waals surface area contributed by atoms with Gasteiger partial charge in [0.15, 0.2) is 11.8 Å². The van der Waals surface area contributed by atoms with E-state index in [1.807, 2.05) is 30.3 Å². The highest BCUT2D eigenvalue weighted by Crippen LogP contribution is 2.00. The van der Waals surface area contributed by atoms with Crippen molar-refractivity contribution in [3.8, 4) is 0 Å². The zero-order chi connectivity index (χ0) is 17.4. The molecule has 0 fully saturated rings. The molecule has 2 N–H and O–H groups in total. The fraction of sp³-hybridized carbons (Fsp3) is 0.188. The molecule has 1 heterocycles. The normalized spacial score (nSPS) is 11.2. The minimum Gasteiger partial charge on any atom is -0.448 e. The van der Waals surface area contributed by atoms with E-state index >= 15 is 0 Å². The lowest BCUT2D eigenvalue weighted by Gasteiger charge is -2.13. The first-order valence-corrected chi connectivity index (χ1v) is 7.16. The predicted octanol–water partition coefficient (Wildman–Crippen LogP) is 1.05. The van der Waals surface area contributed by atoms with Gasteiger partial charge >= 0.3 is 12.0 Å². The van der Waals surface area contributed by atoms with E-state index in [-0.39, 0.29) is 12.2 Å². The van der Waals surface area contributed by atoms with Gasteiger partial charge in [-0.2, -0.15) is 0 Å². The van der Waals surface area contributed by atoms with E-state index in [0.29, 0.717) is 0 Å². The van der Waals surface area contributed by atoms with Gasteiger partial charge in [-0.15, -0.1) is 0 Å². The van der Waals surface area contributed by atoms with Crippen LogP contribution in [0.4, 0.5) is 4.79 Å². The number of carbonyl (C=O) groups is 3. The number of nitrogens with zero attached hydrogens (tertiary/aromatic N) is 2. The zero-order valence-electron chi connectivity index (χ0n) is 12.9. The van der Waals surface area contributed by atoms with Crippen LogP contribution in [0.2, 0.25) is 0 Å². The van der Waals surface area contributed by atoms with Gasteiger partial charge in [0.1, 0.15) is 0 Å². The average Bonchev–Trinajstić information content (AvgIpc) is 2.61. The van der Waals surface area contributed by atoms with E-state index in [1.165, 1.54) is 25.5 Å². The SMILES string of the molecule is CC(OC(=O)c1cnccn1)C(=O)NC(=O)NCc1ccccc1. The monoisotopic (exact) mass is 328 g/mol. The Labute approximate surface area is 138 Å². The molecule has 1 unspecified atom stereocenters. The number of amides is 3. The topological polar surface area (TPSA) is 110 Å². The van der Waals surface area contributed by atoms with E-state index in [4.69, 9.17) is 4.74 Å². The van der Waals surface area contributed by atoms with E-state index in [1.54, 1.807) is 0 Å². The first kappa shape index (κ1) is 17.1. The lowest BCUT2D eigenvalue weighted by molar-refractivity contribution is -0.127. The molecule has 0 aliphatic heterocycles. The third-order valence-corrected chi connectivity index (χ3v) is 2.96. The first-order chi connectivity index (χ1) is 11.6. The molecule has 1 aromatic heterocycles. The maximum Gasteiger partial charge on any atom is 0.359 e. The van der Waals surface area contributed by atoms with Crippen LogP contribution in [0.5, 0.6) is 0 Å². The van der Waals surface area contributed by atoms with Crippen LogP contribution in [-0.4, -0.2) is 34.0 Å². The van der Waals surface area contributed by atoms with Crippen molar-refractivity contribution in [2.75, 3.05) is 0 Å². The third-order valence-electron chi connectivity index (χ3n) is 2.96. The van der Waals surface area contributed by atoms with Crippen LogP contribution in [-0.2, 0) is 16.1 Å². The maximum atomic E-state index is 11.8. The van der Waals surface area contributed by atoms with Crippen molar-refractivity contribution in [3.63, 3.8) is 0 Å². The summed E-state index contributed by atoms with van der Waals surface area (Å²) < 4.78 is 4.93. The zero-order valence-corrected chi connectivity index (χ0v) is 12.9. The van der Waals surface area contributed by atoms with Gasteiger partial charge in [-0.3, -0.25) is 15.1 Å². The number of ether oxygens (including phenoxy) is 1. The minimum absolute atomic E-state index is 0.0225. The molecule has 0 bridgehead atoms. The summed E-state index contributed by atoms with van der Waals surface area (Å²) in [5.41, 5.74) is 0.868. The van der Waals surface area contributed by atoms with E-state index in [0.717, 1.165) is 5.56 Å². The third kappa shape index (κ3) is 5.16. The lowest BCUT2D eigenvalue weighted by Crippen LogP contribution is -2.44. The van der Waals surface area contributed by atoms with Gasteiger partial charge < -0.3 is 10.1 Å². The Hall–Kier alpha value is -3.29. The Balaban J connectivity index is 1.78. The van der Waals surface area contributed by atoms with Crippen molar-refractivity contribution in [1.82, 2.24) is 20.6 Å². The molecular weight excluding hydrogens is 312 g/mol. The van der Waals surface area contributed by atoms with Crippen molar-refractivity contribution in [3.05, 3.63) is 60.2 Å². The van der Waals surface area contributed by atoms with Gasteiger partial charge in [0.05, 0.1) is 6.20 Å². The number of urea groups is 1. The Morgan fingerprint density at radius 2 is 1.92 bits per heavy atom. The number of carbonyl (C=O) groups excluding carboxylic acids is 3. The molecule has 0 saturated carbocycles. The number of nitrogens with one attached hydrogen (secondary N) is 2. The van der Waals surface area contributed by atoms with Gasteiger partial charge in [0.25, 0.3) is 5.91 Å². The Morgan fingerprint density at radius 1 is 1.17 bits per heavy atom. The second-order valence-corrected chi connectivity index (χ2v) is 4.80. The summed E-state index contributed by atoms with van der Waals surface area (Å²) in [4.78, 5) is 42.8. The van der Waals surface area contributed by atoms with Gasteiger partial charge in [-0.25, -0.2) is 14.6 Å². The summed E-state index contributed by atoms with van der Waals surface area (Å²) in [6.45, 7) is 1.63. The second-order valence-electron chi connectivity index (χ2n) is 4.80. The minimum atomic E-state index is -1.15. The largest absolute Gasteiger partial charge is 0.448 e. The maximum absolute atomic E-state index is 11.8. The highest BCUT2D eigenvalue weighted by Gasteiger charge is 2.21. The second kappa shape index (κ2) is 8.37. The van der Waals surface area contributed by atoms with Crippen molar-refractivity contribution < 1.29 is 19.1 Å². The lowest BCUT2D eigenvalue weighted by atomic mass is 10.2. The Kier molecular flexibility index (Phi) is 5.95. The van der Waals surface area contributed by atoms with Crippen molar-refractivity contribution in [2.45, 2.75) is 19.6 Å². The number of esters is 1. The van der Waals surface area contributed by atoms with Gasteiger partial charge in [0.2, 0.25) is 0 Å². The summed E-state index contributed by atoms with van der Waals surface area (Å²) in [5, 5.41) is 4.64. The van der Waals surface area contributed by atoms with Crippen LogP contribution >= 0.6 is 0 Å². The number of imide groups is 1. The van der Waals surface area contributed by atoms with Crippen LogP contribution < -0.4 is 10.6 Å². The van der Waals surface area contributed by atoms with Gasteiger partial charge in [-0.1, -0.05) is 30.3 Å². The van der Waals surface area contributed by atoms with Gasteiger partial charge in [0, 0.05) is 18.9 Å². The van der Waals surface area contributed by atoms with Crippen LogP contribution in [0.1, 0.15) is 23.0 Å². The molecule has 8 heteroatoms. The molecule has 0 radical (unpaired) electrons. The number of rotatable bonds is 5. The number of hydrogen-bond acceptors (Lipinski definition) is 6. The van der Waals surface area contributed by atoms with Crippen LogP contribution in [0.15, 0.2) is 48.9 Å². The summed E-state index contributed by atoms with van der Waals surface area (Å²) in [5.74, 6) is -1.53. The molecular formula is C16H16N4O4. The van der Waals surface area contributed by atoms with Gasteiger partial charge in [-0.05, 0) is 12.5 Å². The molecule has 0 saturated heterocycles. The fourth-order valence-corrected chi connectivity index (χ4v) is 1.71. The molecule has 0 spiro atoms. The molecule has 8 nitrogen and oxygen atoms in total. The smallest absolute Gasteiger partial charge is 0.359 e. The summed E-state index contributed by atoms with van der Waals surface area (Å²) in [6, 6.07) is 8.55.